The summed E-state index contributed by atoms with van der Waals surface area (Å²) in [6.45, 7) is 2.50. The average Bonchev–Trinajstić information content (AvgIpc) is 2.46. The van der Waals surface area contributed by atoms with Crippen LogP contribution in [0.1, 0.15) is 18.5 Å². The molecule has 6 heteroatoms. The Balaban J connectivity index is 2.28. The molecule has 0 aromatic heterocycles. The van der Waals surface area contributed by atoms with Crippen molar-refractivity contribution in [3.63, 3.8) is 0 Å². The zero-order valence-corrected chi connectivity index (χ0v) is 11.8. The lowest BCUT2D eigenvalue weighted by molar-refractivity contribution is 0.385. The van der Waals surface area contributed by atoms with Gasteiger partial charge in [0.15, 0.2) is 21.4 Å². The molecule has 1 heterocycles. The second-order valence-electron chi connectivity index (χ2n) is 5.04. The van der Waals surface area contributed by atoms with Gasteiger partial charge in [0.05, 0.1) is 18.6 Å². The number of ether oxygens (including phenoxy) is 1. The Bertz CT molecular complexity index is 559. The lowest BCUT2D eigenvalue weighted by atomic mass is 10.1. The van der Waals surface area contributed by atoms with Crippen LogP contribution in [0.3, 0.4) is 0 Å². The summed E-state index contributed by atoms with van der Waals surface area (Å²) in [5, 5.41) is 3.18. The van der Waals surface area contributed by atoms with Crippen molar-refractivity contribution in [3.05, 3.63) is 29.6 Å². The van der Waals surface area contributed by atoms with Gasteiger partial charge in [-0.25, -0.2) is 12.8 Å². The quantitative estimate of drug-likeness (QED) is 0.896. The Kier molecular flexibility index (Phi) is 4.10. The summed E-state index contributed by atoms with van der Waals surface area (Å²) in [5.41, 5.74) is 0.635. The minimum atomic E-state index is -3.11. The molecule has 4 nitrogen and oxygen atoms in total. The van der Waals surface area contributed by atoms with Crippen molar-refractivity contribution in [3.8, 4) is 5.75 Å². The van der Waals surface area contributed by atoms with Crippen LogP contribution in [0.15, 0.2) is 18.2 Å². The minimum Gasteiger partial charge on any atom is -0.494 e. The molecule has 0 bridgehead atoms. The van der Waals surface area contributed by atoms with Crippen LogP contribution in [0.5, 0.6) is 5.75 Å². The number of halogens is 1. The first-order valence-electron chi connectivity index (χ1n) is 6.18. The third-order valence-corrected chi connectivity index (χ3v) is 5.17. The maximum Gasteiger partial charge on any atom is 0.165 e. The number of hydrogen-bond donors (Lipinski definition) is 1. The molecule has 1 aliphatic heterocycles. The van der Waals surface area contributed by atoms with Crippen LogP contribution in [0.4, 0.5) is 4.39 Å². The summed E-state index contributed by atoms with van der Waals surface area (Å²) in [7, 11) is -1.71. The fourth-order valence-electron chi connectivity index (χ4n) is 2.33. The Morgan fingerprint density at radius 1 is 1.37 bits per heavy atom. The molecule has 1 aromatic rings. The third kappa shape index (κ3) is 3.45. The van der Waals surface area contributed by atoms with Gasteiger partial charge in [0.2, 0.25) is 0 Å². The summed E-state index contributed by atoms with van der Waals surface area (Å²) in [4.78, 5) is 0. The first kappa shape index (κ1) is 14.3. The molecule has 1 N–H and O–H groups in total. The SMILES string of the molecule is COc1ccc(C2CS(=O)(=O)CC(C)CN2)cc1F. The van der Waals surface area contributed by atoms with Gasteiger partial charge in [-0.2, -0.15) is 0 Å². The number of benzene rings is 1. The standard InChI is InChI=1S/C13H18FNO3S/c1-9-6-15-12(8-19(16,17)7-9)10-3-4-13(18-2)11(14)5-10/h3-5,9,12,15H,6-8H2,1-2H3. The van der Waals surface area contributed by atoms with Crippen LogP contribution < -0.4 is 10.1 Å². The van der Waals surface area contributed by atoms with E-state index in [0.717, 1.165) is 0 Å². The van der Waals surface area contributed by atoms with E-state index in [9.17, 15) is 12.8 Å². The van der Waals surface area contributed by atoms with E-state index >= 15 is 0 Å². The Labute approximate surface area is 112 Å². The van der Waals surface area contributed by atoms with Crippen molar-refractivity contribution in [1.82, 2.24) is 5.32 Å². The molecular weight excluding hydrogens is 269 g/mol. The predicted molar refractivity (Wildman–Crippen MR) is 71.5 cm³/mol. The molecule has 0 radical (unpaired) electrons. The highest BCUT2D eigenvalue weighted by atomic mass is 32.2. The van der Waals surface area contributed by atoms with Crippen LogP contribution in [0.2, 0.25) is 0 Å². The summed E-state index contributed by atoms with van der Waals surface area (Å²) < 4.78 is 42.4. The average molecular weight is 287 g/mol. The number of nitrogens with one attached hydrogen (secondary N) is 1. The molecule has 0 aliphatic carbocycles. The van der Waals surface area contributed by atoms with Gasteiger partial charge in [-0.1, -0.05) is 13.0 Å². The zero-order chi connectivity index (χ0) is 14.0. The van der Waals surface area contributed by atoms with Crippen molar-refractivity contribution >= 4 is 9.84 Å². The fourth-order valence-corrected chi connectivity index (χ4v) is 4.27. The highest BCUT2D eigenvalue weighted by molar-refractivity contribution is 7.91. The van der Waals surface area contributed by atoms with Crippen molar-refractivity contribution in [2.24, 2.45) is 5.92 Å². The lowest BCUT2D eigenvalue weighted by Crippen LogP contribution is -2.26. The molecule has 106 valence electrons. The number of methoxy groups -OCH3 is 1. The molecule has 0 amide bonds. The van der Waals surface area contributed by atoms with Gasteiger partial charge in [-0.3, -0.25) is 0 Å². The molecule has 2 unspecified atom stereocenters. The molecule has 1 aliphatic rings. The van der Waals surface area contributed by atoms with E-state index in [2.05, 4.69) is 5.32 Å². The predicted octanol–water partition coefficient (Wildman–Crippen LogP) is 1.53. The van der Waals surface area contributed by atoms with Crippen LogP contribution in [0, 0.1) is 11.7 Å². The van der Waals surface area contributed by atoms with E-state index in [4.69, 9.17) is 4.74 Å². The fraction of sp³-hybridized carbons (Fsp3) is 0.538. The maximum absolute atomic E-state index is 13.7. The largest absolute Gasteiger partial charge is 0.494 e. The van der Waals surface area contributed by atoms with Gasteiger partial charge >= 0.3 is 0 Å². The molecule has 0 saturated carbocycles. The van der Waals surface area contributed by atoms with E-state index < -0.39 is 15.7 Å². The van der Waals surface area contributed by atoms with Gasteiger partial charge in [0.25, 0.3) is 0 Å². The van der Waals surface area contributed by atoms with E-state index in [-0.39, 0.29) is 29.2 Å². The minimum absolute atomic E-state index is 0.00308. The van der Waals surface area contributed by atoms with Gasteiger partial charge in [0.1, 0.15) is 0 Å². The van der Waals surface area contributed by atoms with E-state index in [1.165, 1.54) is 19.2 Å². The second-order valence-corrected chi connectivity index (χ2v) is 7.19. The smallest absolute Gasteiger partial charge is 0.165 e. The highest BCUT2D eigenvalue weighted by Gasteiger charge is 2.27. The molecule has 0 spiro atoms. The zero-order valence-electron chi connectivity index (χ0n) is 11.0. The van der Waals surface area contributed by atoms with Crippen LogP contribution >= 0.6 is 0 Å². The van der Waals surface area contributed by atoms with E-state index in [1.54, 1.807) is 6.07 Å². The normalized spacial score (nSPS) is 26.7. The van der Waals surface area contributed by atoms with Crippen molar-refractivity contribution in [2.75, 3.05) is 25.2 Å². The molecule has 2 atom stereocenters. The summed E-state index contributed by atoms with van der Waals surface area (Å²) in [6, 6.07) is 4.19. The summed E-state index contributed by atoms with van der Waals surface area (Å²) in [6.07, 6.45) is 0. The van der Waals surface area contributed by atoms with Gasteiger partial charge in [-0.05, 0) is 30.2 Å². The van der Waals surface area contributed by atoms with Crippen molar-refractivity contribution in [2.45, 2.75) is 13.0 Å². The lowest BCUT2D eigenvalue weighted by Gasteiger charge is -2.16. The Morgan fingerprint density at radius 3 is 2.74 bits per heavy atom. The summed E-state index contributed by atoms with van der Waals surface area (Å²) >= 11 is 0. The first-order valence-corrected chi connectivity index (χ1v) is 8.00. The van der Waals surface area contributed by atoms with Crippen LogP contribution in [0.25, 0.3) is 0 Å². The molecular formula is C13H18FNO3S. The van der Waals surface area contributed by atoms with Crippen LogP contribution in [-0.2, 0) is 9.84 Å². The topological polar surface area (TPSA) is 55.4 Å². The molecule has 2 rings (SSSR count). The molecule has 1 aromatic carbocycles. The van der Waals surface area contributed by atoms with Crippen LogP contribution in [-0.4, -0.2) is 33.6 Å². The Morgan fingerprint density at radius 2 is 2.11 bits per heavy atom. The second kappa shape index (κ2) is 5.46. The number of sulfone groups is 1. The van der Waals surface area contributed by atoms with Gasteiger partial charge in [-0.15, -0.1) is 0 Å². The third-order valence-electron chi connectivity index (χ3n) is 3.25. The first-order chi connectivity index (χ1) is 8.91. The molecule has 1 fully saturated rings. The monoisotopic (exact) mass is 287 g/mol. The Hall–Kier alpha value is -1.14. The molecule has 1 saturated heterocycles. The van der Waals surface area contributed by atoms with Gasteiger partial charge < -0.3 is 10.1 Å². The highest BCUT2D eigenvalue weighted by Crippen LogP contribution is 2.25. The molecule has 19 heavy (non-hydrogen) atoms. The summed E-state index contributed by atoms with van der Waals surface area (Å²) in [5.74, 6) is -0.0682. The van der Waals surface area contributed by atoms with Crippen molar-refractivity contribution in [1.29, 1.82) is 0 Å². The van der Waals surface area contributed by atoms with Crippen molar-refractivity contribution < 1.29 is 17.5 Å². The number of hydrogen-bond acceptors (Lipinski definition) is 4. The maximum atomic E-state index is 13.7. The van der Waals surface area contributed by atoms with E-state index in [1.807, 2.05) is 6.92 Å². The van der Waals surface area contributed by atoms with Gasteiger partial charge in [0, 0.05) is 6.04 Å². The number of rotatable bonds is 2. The van der Waals surface area contributed by atoms with E-state index in [0.29, 0.717) is 12.1 Å².